The highest BCUT2D eigenvalue weighted by Gasteiger charge is 2.47. The van der Waals surface area contributed by atoms with Gasteiger partial charge in [-0.1, -0.05) is 13.5 Å². The van der Waals surface area contributed by atoms with E-state index in [1.54, 1.807) is 11.8 Å². The van der Waals surface area contributed by atoms with Crippen molar-refractivity contribution in [3.63, 3.8) is 0 Å². The predicted molar refractivity (Wildman–Crippen MR) is 89.2 cm³/mol. The Morgan fingerprint density at radius 2 is 2.05 bits per heavy atom. The smallest absolute Gasteiger partial charge is 0.230 e. The van der Waals surface area contributed by atoms with Crippen molar-refractivity contribution in [2.45, 2.75) is 37.9 Å². The summed E-state index contributed by atoms with van der Waals surface area (Å²) < 4.78 is 5.88. The molecule has 5 atom stereocenters. The third-order valence-electron chi connectivity index (χ3n) is 4.20. The van der Waals surface area contributed by atoms with Crippen molar-refractivity contribution >= 4 is 19.1 Å². The molecule has 3 N–H and O–H groups in total. The van der Waals surface area contributed by atoms with Crippen LogP contribution in [0.15, 0.2) is 12.4 Å². The van der Waals surface area contributed by atoms with Crippen LogP contribution in [0.5, 0.6) is 0 Å². The third-order valence-corrected chi connectivity index (χ3v) is 5.66. The first-order chi connectivity index (χ1) is 10.1. The van der Waals surface area contributed by atoms with Crippen molar-refractivity contribution < 1.29 is 19.7 Å². The topological polar surface area (TPSA) is 82.0 Å². The highest BCUT2D eigenvalue weighted by Crippen LogP contribution is 2.38. The molecule has 7 heteroatoms. The Bertz CT molecular complexity index is 504. The van der Waals surface area contributed by atoms with Gasteiger partial charge in [-0.05, 0) is 25.9 Å². The first-order valence-corrected chi connectivity index (χ1v) is 10.6. The molecule has 0 aliphatic carbocycles. The summed E-state index contributed by atoms with van der Waals surface area (Å²) >= 11 is 0. The van der Waals surface area contributed by atoms with Crippen molar-refractivity contribution in [2.75, 3.05) is 26.0 Å². The lowest BCUT2D eigenvalue weighted by Gasteiger charge is -2.39. The summed E-state index contributed by atoms with van der Waals surface area (Å²) in [5.41, 5.74) is 0. The molecular formula is C15H27N2O4P. The summed E-state index contributed by atoms with van der Waals surface area (Å²) in [6, 6.07) is 0. The van der Waals surface area contributed by atoms with Gasteiger partial charge in [0.25, 0.3) is 0 Å². The van der Waals surface area contributed by atoms with Gasteiger partial charge in [0, 0.05) is 6.54 Å². The van der Waals surface area contributed by atoms with Gasteiger partial charge in [0.1, 0.15) is 18.0 Å². The van der Waals surface area contributed by atoms with Gasteiger partial charge in [0.2, 0.25) is 5.91 Å². The molecule has 0 aromatic heterocycles. The second-order valence-corrected chi connectivity index (χ2v) is 11.3. The van der Waals surface area contributed by atoms with Crippen molar-refractivity contribution in [2.24, 2.45) is 5.92 Å². The number of carbonyl (C=O) groups excluding carboxylic acids is 1. The number of nitrogens with one attached hydrogen (secondary N) is 1. The molecule has 0 aromatic carbocycles. The van der Waals surface area contributed by atoms with E-state index in [4.69, 9.17) is 4.74 Å². The molecule has 0 aromatic rings. The van der Waals surface area contributed by atoms with E-state index < -0.39 is 31.4 Å². The zero-order chi connectivity index (χ0) is 16.7. The van der Waals surface area contributed by atoms with E-state index >= 15 is 0 Å². The maximum Gasteiger partial charge on any atom is 0.230 e. The minimum absolute atomic E-state index is 0.0885. The van der Waals surface area contributed by atoms with Crippen molar-refractivity contribution in [3.05, 3.63) is 12.4 Å². The van der Waals surface area contributed by atoms with Gasteiger partial charge in [-0.25, -0.2) is 0 Å². The first kappa shape index (κ1) is 17.5. The fraction of sp³-hybridized carbons (Fsp3) is 0.733. The Morgan fingerprint density at radius 3 is 2.64 bits per heavy atom. The van der Waals surface area contributed by atoms with E-state index in [0.717, 1.165) is 6.16 Å². The number of aliphatic hydroxyl groups is 2. The van der Waals surface area contributed by atoms with Crippen LogP contribution in [0.2, 0.25) is 0 Å². The third kappa shape index (κ3) is 3.74. The molecule has 2 aliphatic rings. The van der Waals surface area contributed by atoms with Gasteiger partial charge in [-0.3, -0.25) is 4.79 Å². The van der Waals surface area contributed by atoms with E-state index in [9.17, 15) is 15.0 Å². The lowest BCUT2D eigenvalue weighted by molar-refractivity contribution is -0.133. The number of aliphatic hydroxyl groups excluding tert-OH is 2. The van der Waals surface area contributed by atoms with Gasteiger partial charge >= 0.3 is 0 Å². The first-order valence-electron chi connectivity index (χ1n) is 7.55. The number of hydrogen-bond donors (Lipinski definition) is 3. The minimum Gasteiger partial charge on any atom is -0.388 e. The molecule has 1 amide bonds. The molecule has 126 valence electrons. The summed E-state index contributed by atoms with van der Waals surface area (Å²) in [6.07, 6.45) is 2.67. The number of hydrogen-bond acceptors (Lipinski definition) is 5. The SMILES string of the molecule is C=C1NC(=O)C(C)CN1[C@@H]1O[C@H](CCP(=C)(C)C)[C@@H](O)[C@H]1O. The predicted octanol–water partition coefficient (Wildman–Crippen LogP) is 0.0715. The van der Waals surface area contributed by atoms with E-state index in [2.05, 4.69) is 31.5 Å². The number of rotatable bonds is 4. The molecule has 1 unspecified atom stereocenters. The number of ether oxygens (including phenoxy) is 1. The maximum atomic E-state index is 11.6. The van der Waals surface area contributed by atoms with Gasteiger partial charge in [0.15, 0.2) is 6.23 Å². The zero-order valence-electron chi connectivity index (χ0n) is 13.5. The van der Waals surface area contributed by atoms with E-state index in [-0.39, 0.29) is 11.8 Å². The Morgan fingerprint density at radius 1 is 1.41 bits per heavy atom. The van der Waals surface area contributed by atoms with E-state index in [1.807, 2.05) is 0 Å². The van der Waals surface area contributed by atoms with Crippen LogP contribution in [0.4, 0.5) is 0 Å². The van der Waals surface area contributed by atoms with Crippen LogP contribution in [-0.4, -0.2) is 77.9 Å². The molecular weight excluding hydrogens is 303 g/mol. The molecule has 0 spiro atoms. The minimum atomic E-state index is -1.21. The average Bonchev–Trinajstić information content (AvgIpc) is 2.68. The van der Waals surface area contributed by atoms with Crippen molar-refractivity contribution in [1.82, 2.24) is 10.2 Å². The Hall–Kier alpha value is -0.810. The van der Waals surface area contributed by atoms with E-state index in [0.29, 0.717) is 18.8 Å². The molecule has 2 aliphatic heterocycles. The second-order valence-electron chi connectivity index (χ2n) is 6.98. The molecule has 2 rings (SSSR count). The zero-order valence-corrected chi connectivity index (χ0v) is 14.4. The van der Waals surface area contributed by atoms with Crippen LogP contribution in [0.3, 0.4) is 0 Å². The van der Waals surface area contributed by atoms with Gasteiger partial charge in [-0.15, -0.1) is 13.2 Å². The second kappa shape index (κ2) is 6.36. The molecule has 0 radical (unpaired) electrons. The summed E-state index contributed by atoms with van der Waals surface area (Å²) in [5.74, 6) is 0.0987. The monoisotopic (exact) mass is 330 g/mol. The normalized spacial score (nSPS) is 36.6. The fourth-order valence-electron chi connectivity index (χ4n) is 2.78. The standard InChI is InChI=1S/C15H27N2O4P/c1-9-8-17(10(2)16-14(9)20)15-13(19)12(18)11(21-15)6-7-22(3,4)5/h9,11-13,15,18-19H,2-3,6-8H2,1,4-5H3,(H,16,20)/t9?,11-,12-,13-,15-/m1/s1. The van der Waals surface area contributed by atoms with Gasteiger partial charge in [0.05, 0.1) is 12.0 Å². The Balaban J connectivity index is 2.04. The highest BCUT2D eigenvalue weighted by atomic mass is 31.2. The largest absolute Gasteiger partial charge is 0.388 e. The van der Waals surface area contributed by atoms with Crippen LogP contribution in [0.25, 0.3) is 0 Å². The maximum absolute atomic E-state index is 11.6. The fourth-order valence-corrected chi connectivity index (χ4v) is 3.74. The molecule has 0 bridgehead atoms. The van der Waals surface area contributed by atoms with Crippen molar-refractivity contribution in [1.29, 1.82) is 0 Å². The molecule has 2 heterocycles. The summed E-state index contributed by atoms with van der Waals surface area (Å²) in [5, 5.41) is 23.2. The van der Waals surface area contributed by atoms with Crippen LogP contribution in [0, 0.1) is 5.92 Å². The lowest BCUT2D eigenvalue weighted by atomic mass is 10.1. The van der Waals surface area contributed by atoms with Crippen LogP contribution in [-0.2, 0) is 9.53 Å². The lowest BCUT2D eigenvalue weighted by Crippen LogP contribution is -2.54. The summed E-state index contributed by atoms with van der Waals surface area (Å²) in [7, 11) is 0. The number of amides is 1. The Labute approximate surface area is 132 Å². The molecule has 6 nitrogen and oxygen atoms in total. The summed E-state index contributed by atoms with van der Waals surface area (Å²) in [6.45, 7) is 9.09. The molecule has 2 saturated heterocycles. The molecule has 0 saturated carbocycles. The van der Waals surface area contributed by atoms with E-state index in [1.165, 1.54) is 0 Å². The van der Waals surface area contributed by atoms with Crippen LogP contribution < -0.4 is 5.32 Å². The molecule has 22 heavy (non-hydrogen) atoms. The Kier molecular flexibility index (Phi) is 5.07. The van der Waals surface area contributed by atoms with Crippen LogP contribution >= 0.6 is 6.89 Å². The molecule has 2 fully saturated rings. The quantitative estimate of drug-likeness (QED) is 0.636. The van der Waals surface area contributed by atoms with Crippen LogP contribution in [0.1, 0.15) is 13.3 Å². The number of carbonyl (C=O) groups is 1. The van der Waals surface area contributed by atoms with Crippen molar-refractivity contribution in [3.8, 4) is 0 Å². The van der Waals surface area contributed by atoms with Gasteiger partial charge < -0.3 is 25.2 Å². The highest BCUT2D eigenvalue weighted by molar-refractivity contribution is 7.72. The summed E-state index contributed by atoms with van der Waals surface area (Å²) in [4.78, 5) is 13.4. The number of nitrogens with zero attached hydrogens (tertiary/aromatic N) is 1. The average molecular weight is 330 g/mol. The van der Waals surface area contributed by atoms with Gasteiger partial charge in [-0.2, -0.15) is 0 Å².